The van der Waals surface area contributed by atoms with Crippen LogP contribution < -0.4 is 14.8 Å². The average Bonchev–Trinajstić information content (AvgIpc) is 2.49. The molecule has 4 nitrogen and oxygen atoms in total. The molecule has 0 aliphatic heterocycles. The van der Waals surface area contributed by atoms with Crippen LogP contribution in [0.3, 0.4) is 0 Å². The van der Waals surface area contributed by atoms with Gasteiger partial charge in [0, 0.05) is 19.2 Å². The van der Waals surface area contributed by atoms with Gasteiger partial charge in [-0.05, 0) is 31.0 Å². The first-order valence-electron chi connectivity index (χ1n) is 7.26. The Hall–Kier alpha value is -1.26. The average molecular weight is 281 g/mol. The number of ether oxygens (including phenoxy) is 3. The van der Waals surface area contributed by atoms with Gasteiger partial charge in [0.05, 0.1) is 20.8 Å². The fraction of sp³-hybridized carbons (Fsp3) is 0.625. The summed E-state index contributed by atoms with van der Waals surface area (Å²) in [5.41, 5.74) is 1.18. The topological polar surface area (TPSA) is 39.7 Å². The van der Waals surface area contributed by atoms with Gasteiger partial charge in [-0.25, -0.2) is 0 Å². The van der Waals surface area contributed by atoms with Gasteiger partial charge in [0.2, 0.25) is 0 Å². The van der Waals surface area contributed by atoms with Crippen molar-refractivity contribution in [2.24, 2.45) is 0 Å². The predicted octanol–water partition coefficient (Wildman–Crippen LogP) is 3.17. The van der Waals surface area contributed by atoms with E-state index in [1.165, 1.54) is 12.0 Å². The minimum Gasteiger partial charge on any atom is -0.493 e. The summed E-state index contributed by atoms with van der Waals surface area (Å²) >= 11 is 0. The molecule has 1 atom stereocenters. The van der Waals surface area contributed by atoms with E-state index >= 15 is 0 Å². The molecule has 4 heteroatoms. The van der Waals surface area contributed by atoms with Crippen molar-refractivity contribution in [3.05, 3.63) is 23.8 Å². The molecule has 0 aliphatic carbocycles. The Morgan fingerprint density at radius 3 is 2.50 bits per heavy atom. The van der Waals surface area contributed by atoms with Crippen molar-refractivity contribution >= 4 is 0 Å². The lowest BCUT2D eigenvalue weighted by atomic mass is 10.1. The number of methoxy groups -OCH3 is 2. The van der Waals surface area contributed by atoms with E-state index in [1.54, 1.807) is 14.2 Å². The minimum atomic E-state index is 0.254. The third-order valence-electron chi connectivity index (χ3n) is 3.25. The van der Waals surface area contributed by atoms with Gasteiger partial charge in [-0.2, -0.15) is 0 Å². The fourth-order valence-corrected chi connectivity index (χ4v) is 1.94. The molecule has 114 valence electrons. The molecular formula is C16H27NO3. The minimum absolute atomic E-state index is 0.254. The number of benzene rings is 1. The van der Waals surface area contributed by atoms with Gasteiger partial charge in [0.1, 0.15) is 0 Å². The number of nitrogens with one attached hydrogen (secondary N) is 1. The van der Waals surface area contributed by atoms with Crippen LogP contribution >= 0.6 is 0 Å². The zero-order valence-corrected chi connectivity index (χ0v) is 13.1. The van der Waals surface area contributed by atoms with E-state index in [2.05, 4.69) is 25.2 Å². The van der Waals surface area contributed by atoms with Crippen LogP contribution in [-0.2, 0) is 4.74 Å². The van der Waals surface area contributed by atoms with E-state index in [4.69, 9.17) is 14.2 Å². The predicted molar refractivity (Wildman–Crippen MR) is 81.7 cm³/mol. The highest BCUT2D eigenvalue weighted by Crippen LogP contribution is 2.29. The molecule has 0 bridgehead atoms. The van der Waals surface area contributed by atoms with Crippen LogP contribution in [0.4, 0.5) is 0 Å². The highest BCUT2D eigenvalue weighted by molar-refractivity contribution is 5.43. The van der Waals surface area contributed by atoms with Crippen LogP contribution in [0.25, 0.3) is 0 Å². The molecule has 1 aromatic carbocycles. The second kappa shape index (κ2) is 9.61. The van der Waals surface area contributed by atoms with Crippen molar-refractivity contribution in [2.45, 2.75) is 32.7 Å². The first-order valence-corrected chi connectivity index (χ1v) is 7.26. The Bertz CT molecular complexity index is 382. The summed E-state index contributed by atoms with van der Waals surface area (Å²) in [5, 5.41) is 3.44. The smallest absolute Gasteiger partial charge is 0.161 e. The monoisotopic (exact) mass is 281 g/mol. The molecule has 0 radical (unpaired) electrons. The van der Waals surface area contributed by atoms with Crippen molar-refractivity contribution in [2.75, 3.05) is 34.0 Å². The van der Waals surface area contributed by atoms with Gasteiger partial charge in [0.25, 0.3) is 0 Å². The Labute approximate surface area is 122 Å². The molecule has 1 aromatic rings. The number of unbranched alkanes of at least 4 members (excludes halogenated alkanes) is 1. The first-order chi connectivity index (χ1) is 9.72. The van der Waals surface area contributed by atoms with Gasteiger partial charge in [-0.15, -0.1) is 0 Å². The van der Waals surface area contributed by atoms with E-state index in [0.29, 0.717) is 0 Å². The van der Waals surface area contributed by atoms with Crippen LogP contribution in [0.15, 0.2) is 18.2 Å². The van der Waals surface area contributed by atoms with Crippen LogP contribution in [0, 0.1) is 0 Å². The van der Waals surface area contributed by atoms with E-state index in [0.717, 1.165) is 37.7 Å². The third kappa shape index (κ3) is 5.39. The molecule has 0 fully saturated rings. The Balaban J connectivity index is 2.41. The zero-order chi connectivity index (χ0) is 14.8. The summed E-state index contributed by atoms with van der Waals surface area (Å²) in [6, 6.07) is 6.25. The molecule has 1 N–H and O–H groups in total. The molecule has 0 heterocycles. The van der Waals surface area contributed by atoms with E-state index < -0.39 is 0 Å². The van der Waals surface area contributed by atoms with Crippen molar-refractivity contribution < 1.29 is 14.2 Å². The van der Waals surface area contributed by atoms with Crippen LogP contribution in [-0.4, -0.2) is 34.0 Å². The first kappa shape index (κ1) is 16.8. The van der Waals surface area contributed by atoms with Gasteiger partial charge in [-0.3, -0.25) is 0 Å². The molecule has 20 heavy (non-hydrogen) atoms. The molecule has 0 saturated carbocycles. The summed E-state index contributed by atoms with van der Waals surface area (Å²) in [4.78, 5) is 0. The quantitative estimate of drug-likeness (QED) is 0.669. The molecule has 1 rings (SSSR count). The lowest BCUT2D eigenvalue weighted by Crippen LogP contribution is -2.23. The highest BCUT2D eigenvalue weighted by Gasteiger charge is 2.09. The van der Waals surface area contributed by atoms with Gasteiger partial charge >= 0.3 is 0 Å². The van der Waals surface area contributed by atoms with E-state index in [1.807, 2.05) is 12.1 Å². The number of hydrogen-bond donors (Lipinski definition) is 1. The van der Waals surface area contributed by atoms with Gasteiger partial charge < -0.3 is 19.5 Å². The Morgan fingerprint density at radius 2 is 1.85 bits per heavy atom. The zero-order valence-electron chi connectivity index (χ0n) is 13.1. The summed E-state index contributed by atoms with van der Waals surface area (Å²) in [5.74, 6) is 1.52. The largest absolute Gasteiger partial charge is 0.493 e. The fourth-order valence-electron chi connectivity index (χ4n) is 1.94. The molecule has 0 spiro atoms. The summed E-state index contributed by atoms with van der Waals surface area (Å²) in [7, 11) is 3.30. The summed E-state index contributed by atoms with van der Waals surface area (Å²) in [6.07, 6.45) is 2.31. The molecule has 0 aromatic heterocycles. The van der Waals surface area contributed by atoms with Crippen molar-refractivity contribution in [1.82, 2.24) is 5.32 Å². The van der Waals surface area contributed by atoms with Gasteiger partial charge in [-0.1, -0.05) is 19.4 Å². The van der Waals surface area contributed by atoms with Crippen molar-refractivity contribution in [3.8, 4) is 11.5 Å². The maximum atomic E-state index is 5.53. The second-order valence-electron chi connectivity index (χ2n) is 4.76. The van der Waals surface area contributed by atoms with Crippen molar-refractivity contribution in [1.29, 1.82) is 0 Å². The SMILES string of the molecule is CCCCOCCNC(C)c1ccc(OC)c(OC)c1. The molecule has 0 aliphatic rings. The third-order valence-corrected chi connectivity index (χ3v) is 3.25. The number of hydrogen-bond acceptors (Lipinski definition) is 4. The summed E-state index contributed by atoms with van der Waals surface area (Å²) in [6.45, 7) is 6.74. The Morgan fingerprint density at radius 1 is 1.10 bits per heavy atom. The van der Waals surface area contributed by atoms with Crippen molar-refractivity contribution in [3.63, 3.8) is 0 Å². The van der Waals surface area contributed by atoms with E-state index in [9.17, 15) is 0 Å². The van der Waals surface area contributed by atoms with Crippen LogP contribution in [0.5, 0.6) is 11.5 Å². The normalized spacial score (nSPS) is 12.2. The van der Waals surface area contributed by atoms with Crippen LogP contribution in [0.2, 0.25) is 0 Å². The molecule has 1 unspecified atom stereocenters. The molecule has 0 amide bonds. The highest BCUT2D eigenvalue weighted by atomic mass is 16.5. The molecule has 0 saturated heterocycles. The second-order valence-corrected chi connectivity index (χ2v) is 4.76. The Kier molecular flexibility index (Phi) is 8.07. The van der Waals surface area contributed by atoms with E-state index in [-0.39, 0.29) is 6.04 Å². The summed E-state index contributed by atoms with van der Waals surface area (Å²) < 4.78 is 16.1. The maximum absolute atomic E-state index is 5.53. The van der Waals surface area contributed by atoms with Gasteiger partial charge in [0.15, 0.2) is 11.5 Å². The maximum Gasteiger partial charge on any atom is 0.161 e. The standard InChI is InChI=1S/C16H27NO3/c1-5-6-10-20-11-9-17-13(2)14-7-8-15(18-3)16(12-14)19-4/h7-8,12-13,17H,5-6,9-11H2,1-4H3. The lowest BCUT2D eigenvalue weighted by Gasteiger charge is -2.16. The van der Waals surface area contributed by atoms with Crippen LogP contribution in [0.1, 0.15) is 38.3 Å². The molecular weight excluding hydrogens is 254 g/mol. The number of rotatable bonds is 10. The lowest BCUT2D eigenvalue weighted by molar-refractivity contribution is 0.131.